The van der Waals surface area contributed by atoms with E-state index >= 15 is 0 Å². The number of nitriles is 1. The molecule has 4 amide bonds. The van der Waals surface area contributed by atoms with Gasteiger partial charge in [0.2, 0.25) is 5.91 Å². The topological polar surface area (TPSA) is 102 Å². The van der Waals surface area contributed by atoms with Crippen molar-refractivity contribution >= 4 is 35.1 Å². The monoisotopic (exact) mass is 382 g/mol. The molecule has 0 spiro atoms. The summed E-state index contributed by atoms with van der Waals surface area (Å²) in [6.07, 6.45) is 0. The lowest BCUT2D eigenvalue weighted by Gasteiger charge is -2.22. The van der Waals surface area contributed by atoms with Crippen LogP contribution in [0.1, 0.15) is 18.1 Å². The standard InChI is InChI=1S/C19H15ClN4O3/c1-19(13-5-3-2-4-6-13)17(26)24(18(27)23-19)11-16(25)22-14-8-7-12(10-21)15(20)9-14/h2-9H,11H2,1H3,(H,22,25)(H,23,27). The molecule has 0 bridgehead atoms. The van der Waals surface area contributed by atoms with Crippen molar-refractivity contribution in [2.45, 2.75) is 12.5 Å². The lowest BCUT2D eigenvalue weighted by atomic mass is 9.92. The van der Waals surface area contributed by atoms with Gasteiger partial charge < -0.3 is 10.6 Å². The molecule has 7 nitrogen and oxygen atoms in total. The van der Waals surface area contributed by atoms with Crippen LogP contribution in [-0.4, -0.2) is 29.3 Å². The zero-order chi connectivity index (χ0) is 19.6. The van der Waals surface area contributed by atoms with Crippen molar-refractivity contribution in [2.75, 3.05) is 11.9 Å². The third-order valence-corrected chi connectivity index (χ3v) is 4.61. The van der Waals surface area contributed by atoms with Gasteiger partial charge in [0, 0.05) is 5.69 Å². The molecule has 3 rings (SSSR count). The van der Waals surface area contributed by atoms with Crippen molar-refractivity contribution < 1.29 is 14.4 Å². The summed E-state index contributed by atoms with van der Waals surface area (Å²) in [5.74, 6) is -1.07. The van der Waals surface area contributed by atoms with E-state index in [0.29, 0.717) is 11.3 Å². The summed E-state index contributed by atoms with van der Waals surface area (Å²) in [6, 6.07) is 14.5. The molecule has 136 valence electrons. The maximum atomic E-state index is 12.8. The van der Waals surface area contributed by atoms with Crippen LogP contribution in [0.3, 0.4) is 0 Å². The molecule has 1 heterocycles. The Balaban J connectivity index is 1.73. The van der Waals surface area contributed by atoms with Crippen LogP contribution in [0.2, 0.25) is 5.02 Å². The van der Waals surface area contributed by atoms with Crippen molar-refractivity contribution in [2.24, 2.45) is 0 Å². The fourth-order valence-corrected chi connectivity index (χ4v) is 3.06. The Morgan fingerprint density at radius 2 is 1.96 bits per heavy atom. The van der Waals surface area contributed by atoms with Crippen LogP contribution < -0.4 is 10.6 Å². The van der Waals surface area contributed by atoms with Crippen LogP contribution in [0.15, 0.2) is 48.5 Å². The molecular formula is C19H15ClN4O3. The van der Waals surface area contributed by atoms with E-state index < -0.39 is 29.9 Å². The maximum absolute atomic E-state index is 12.8. The Labute approximate surface area is 160 Å². The Morgan fingerprint density at radius 3 is 2.59 bits per heavy atom. The predicted molar refractivity (Wildman–Crippen MR) is 98.8 cm³/mol. The normalized spacial score (nSPS) is 18.8. The number of carbonyl (C=O) groups excluding carboxylic acids is 3. The van der Waals surface area contributed by atoms with E-state index in [-0.39, 0.29) is 10.6 Å². The quantitative estimate of drug-likeness (QED) is 0.793. The van der Waals surface area contributed by atoms with Gasteiger partial charge >= 0.3 is 6.03 Å². The molecule has 27 heavy (non-hydrogen) atoms. The first-order chi connectivity index (χ1) is 12.8. The van der Waals surface area contributed by atoms with E-state index in [9.17, 15) is 14.4 Å². The zero-order valence-electron chi connectivity index (χ0n) is 14.3. The Kier molecular flexibility index (Phi) is 4.84. The van der Waals surface area contributed by atoms with Crippen molar-refractivity contribution in [1.29, 1.82) is 5.26 Å². The molecular weight excluding hydrogens is 368 g/mol. The van der Waals surface area contributed by atoms with Crippen LogP contribution in [0, 0.1) is 11.3 Å². The van der Waals surface area contributed by atoms with E-state index in [1.165, 1.54) is 18.2 Å². The van der Waals surface area contributed by atoms with Gasteiger partial charge in [-0.2, -0.15) is 5.26 Å². The Morgan fingerprint density at radius 1 is 1.26 bits per heavy atom. The average Bonchev–Trinajstić information content (AvgIpc) is 2.87. The first-order valence-electron chi connectivity index (χ1n) is 8.04. The van der Waals surface area contributed by atoms with E-state index in [2.05, 4.69) is 10.6 Å². The van der Waals surface area contributed by atoms with Gasteiger partial charge in [0.15, 0.2) is 0 Å². The number of hydrogen-bond donors (Lipinski definition) is 2. The van der Waals surface area contributed by atoms with Crippen LogP contribution in [0.4, 0.5) is 10.5 Å². The number of halogens is 1. The molecule has 0 aliphatic carbocycles. The number of amides is 4. The number of hydrogen-bond acceptors (Lipinski definition) is 4. The number of rotatable bonds is 4. The second-order valence-electron chi connectivity index (χ2n) is 6.17. The number of nitrogens with zero attached hydrogens (tertiary/aromatic N) is 2. The summed E-state index contributed by atoms with van der Waals surface area (Å²) >= 11 is 5.93. The van der Waals surface area contributed by atoms with Gasteiger partial charge in [0.25, 0.3) is 5.91 Å². The molecule has 2 aromatic carbocycles. The molecule has 1 fully saturated rings. The van der Waals surface area contributed by atoms with Crippen LogP contribution in [0.5, 0.6) is 0 Å². The predicted octanol–water partition coefficient (Wildman–Crippen LogP) is 2.62. The van der Waals surface area contributed by atoms with Gasteiger partial charge in [-0.1, -0.05) is 41.9 Å². The SMILES string of the molecule is CC1(c2ccccc2)NC(=O)N(CC(=O)Nc2ccc(C#N)c(Cl)c2)C1=O. The molecule has 0 aromatic heterocycles. The molecule has 2 N–H and O–H groups in total. The summed E-state index contributed by atoms with van der Waals surface area (Å²) in [5, 5.41) is 14.3. The maximum Gasteiger partial charge on any atom is 0.325 e. The first-order valence-corrected chi connectivity index (χ1v) is 8.42. The van der Waals surface area contributed by atoms with E-state index in [0.717, 1.165) is 4.90 Å². The fraction of sp³-hybridized carbons (Fsp3) is 0.158. The fourth-order valence-electron chi connectivity index (χ4n) is 2.84. The van der Waals surface area contributed by atoms with E-state index in [1.807, 2.05) is 12.1 Å². The molecule has 1 atom stereocenters. The van der Waals surface area contributed by atoms with E-state index in [1.54, 1.807) is 31.2 Å². The molecule has 1 unspecified atom stereocenters. The van der Waals surface area contributed by atoms with Crippen molar-refractivity contribution in [3.05, 3.63) is 64.7 Å². The first kappa shape index (κ1) is 18.4. The number of anilines is 1. The van der Waals surface area contributed by atoms with Gasteiger partial charge in [0.1, 0.15) is 18.2 Å². The molecule has 0 radical (unpaired) electrons. The molecule has 0 saturated carbocycles. The third-order valence-electron chi connectivity index (χ3n) is 4.30. The zero-order valence-corrected chi connectivity index (χ0v) is 15.1. The molecule has 1 aliphatic rings. The number of imide groups is 1. The highest BCUT2D eigenvalue weighted by atomic mass is 35.5. The Bertz CT molecular complexity index is 971. The van der Waals surface area contributed by atoms with Gasteiger partial charge in [0.05, 0.1) is 10.6 Å². The summed E-state index contributed by atoms with van der Waals surface area (Å²) in [6.45, 7) is 1.16. The van der Waals surface area contributed by atoms with Crippen LogP contribution >= 0.6 is 11.6 Å². The van der Waals surface area contributed by atoms with Crippen LogP contribution in [-0.2, 0) is 15.1 Å². The second-order valence-corrected chi connectivity index (χ2v) is 6.57. The van der Waals surface area contributed by atoms with Gasteiger partial charge in [-0.15, -0.1) is 0 Å². The van der Waals surface area contributed by atoms with Crippen LogP contribution in [0.25, 0.3) is 0 Å². The molecule has 8 heteroatoms. The highest BCUT2D eigenvalue weighted by molar-refractivity contribution is 6.32. The number of nitrogens with one attached hydrogen (secondary N) is 2. The number of urea groups is 1. The third kappa shape index (κ3) is 3.48. The lowest BCUT2D eigenvalue weighted by molar-refractivity contribution is -0.133. The Hall–Kier alpha value is -3.37. The van der Waals surface area contributed by atoms with Gasteiger partial charge in [-0.3, -0.25) is 14.5 Å². The molecule has 2 aromatic rings. The summed E-state index contributed by atoms with van der Waals surface area (Å²) in [5.41, 5.74) is 0.0468. The summed E-state index contributed by atoms with van der Waals surface area (Å²) < 4.78 is 0. The van der Waals surface area contributed by atoms with Crippen molar-refractivity contribution in [1.82, 2.24) is 10.2 Å². The summed E-state index contributed by atoms with van der Waals surface area (Å²) in [4.78, 5) is 38.2. The van der Waals surface area contributed by atoms with E-state index in [4.69, 9.17) is 16.9 Å². The minimum Gasteiger partial charge on any atom is -0.324 e. The highest BCUT2D eigenvalue weighted by Gasteiger charge is 2.49. The largest absolute Gasteiger partial charge is 0.325 e. The highest BCUT2D eigenvalue weighted by Crippen LogP contribution is 2.28. The minimum absolute atomic E-state index is 0.196. The number of carbonyl (C=O) groups is 3. The van der Waals surface area contributed by atoms with Gasteiger partial charge in [-0.25, -0.2) is 4.79 Å². The smallest absolute Gasteiger partial charge is 0.324 e. The number of benzene rings is 2. The lowest BCUT2D eigenvalue weighted by Crippen LogP contribution is -2.42. The van der Waals surface area contributed by atoms with Crippen molar-refractivity contribution in [3.8, 4) is 6.07 Å². The van der Waals surface area contributed by atoms with Gasteiger partial charge in [-0.05, 0) is 30.7 Å². The second kappa shape index (κ2) is 7.09. The van der Waals surface area contributed by atoms with Crippen molar-refractivity contribution in [3.63, 3.8) is 0 Å². The minimum atomic E-state index is -1.23. The molecule has 1 aliphatic heterocycles. The molecule has 1 saturated heterocycles. The summed E-state index contributed by atoms with van der Waals surface area (Å²) in [7, 11) is 0. The average molecular weight is 383 g/mol.